The Morgan fingerprint density at radius 3 is 2.88 bits per heavy atom. The van der Waals surface area contributed by atoms with Crippen LogP contribution in [0.1, 0.15) is 42.4 Å². The maximum absolute atomic E-state index is 5.92. The predicted molar refractivity (Wildman–Crippen MR) is 71.6 cm³/mol. The van der Waals surface area contributed by atoms with E-state index in [0.717, 1.165) is 25.3 Å². The Kier molecular flexibility index (Phi) is 3.72. The van der Waals surface area contributed by atoms with Crippen molar-refractivity contribution in [1.82, 2.24) is 0 Å². The molecule has 1 aliphatic rings. The zero-order valence-electron chi connectivity index (χ0n) is 11.1. The summed E-state index contributed by atoms with van der Waals surface area (Å²) in [7, 11) is 0. The summed E-state index contributed by atoms with van der Waals surface area (Å²) in [5.41, 5.74) is 9.80. The fourth-order valence-corrected chi connectivity index (χ4v) is 2.85. The molecule has 2 atom stereocenters. The minimum absolute atomic E-state index is 0.525. The standard InChI is InChI=1S/C15H23NO/c1-10-7-11(2)15-14(8-10)13(12(3)9-16)5-4-6-17-15/h7-8,12-13H,4-6,9,16H2,1-3H3. The Balaban J connectivity index is 2.47. The van der Waals surface area contributed by atoms with Gasteiger partial charge < -0.3 is 10.5 Å². The summed E-state index contributed by atoms with van der Waals surface area (Å²) in [6.07, 6.45) is 2.32. The third-order valence-electron chi connectivity index (χ3n) is 3.81. The summed E-state index contributed by atoms with van der Waals surface area (Å²) < 4.78 is 5.92. The minimum atomic E-state index is 0.525. The first-order valence-corrected chi connectivity index (χ1v) is 6.57. The van der Waals surface area contributed by atoms with Gasteiger partial charge in [-0.05, 0) is 56.2 Å². The molecule has 2 N–H and O–H groups in total. The summed E-state index contributed by atoms with van der Waals surface area (Å²) in [6, 6.07) is 4.48. The molecule has 2 nitrogen and oxygen atoms in total. The van der Waals surface area contributed by atoms with Gasteiger partial charge in [0.25, 0.3) is 0 Å². The smallest absolute Gasteiger partial charge is 0.125 e. The monoisotopic (exact) mass is 233 g/mol. The van der Waals surface area contributed by atoms with Crippen molar-refractivity contribution in [2.45, 2.75) is 39.5 Å². The Hall–Kier alpha value is -1.02. The summed E-state index contributed by atoms with van der Waals surface area (Å²) in [4.78, 5) is 0. The quantitative estimate of drug-likeness (QED) is 0.851. The molecule has 0 amide bonds. The van der Waals surface area contributed by atoms with Gasteiger partial charge in [0.15, 0.2) is 0 Å². The largest absolute Gasteiger partial charge is 0.493 e. The molecule has 0 saturated carbocycles. The fraction of sp³-hybridized carbons (Fsp3) is 0.600. The van der Waals surface area contributed by atoms with Gasteiger partial charge in [0, 0.05) is 0 Å². The summed E-state index contributed by atoms with van der Waals surface area (Å²) in [5.74, 6) is 2.19. The second-order valence-electron chi connectivity index (χ2n) is 5.31. The van der Waals surface area contributed by atoms with Crippen LogP contribution in [0, 0.1) is 19.8 Å². The van der Waals surface area contributed by atoms with Gasteiger partial charge in [0.2, 0.25) is 0 Å². The highest BCUT2D eigenvalue weighted by Crippen LogP contribution is 2.39. The van der Waals surface area contributed by atoms with Crippen LogP contribution in [-0.2, 0) is 0 Å². The van der Waals surface area contributed by atoms with Gasteiger partial charge >= 0.3 is 0 Å². The van der Waals surface area contributed by atoms with Crippen LogP contribution in [0.5, 0.6) is 5.75 Å². The highest BCUT2D eigenvalue weighted by Gasteiger charge is 2.25. The minimum Gasteiger partial charge on any atom is -0.493 e. The third-order valence-corrected chi connectivity index (χ3v) is 3.81. The molecule has 0 aromatic heterocycles. The van der Waals surface area contributed by atoms with Crippen LogP contribution in [0.15, 0.2) is 12.1 Å². The number of hydrogen-bond donors (Lipinski definition) is 1. The molecule has 2 unspecified atom stereocenters. The highest BCUT2D eigenvalue weighted by atomic mass is 16.5. The number of fused-ring (bicyclic) bond motifs is 1. The molecule has 0 saturated heterocycles. The topological polar surface area (TPSA) is 35.2 Å². The van der Waals surface area contributed by atoms with Gasteiger partial charge in [-0.15, -0.1) is 0 Å². The highest BCUT2D eigenvalue weighted by molar-refractivity contribution is 5.46. The van der Waals surface area contributed by atoms with Crippen LogP contribution in [0.2, 0.25) is 0 Å². The van der Waals surface area contributed by atoms with Crippen molar-refractivity contribution in [3.63, 3.8) is 0 Å². The van der Waals surface area contributed by atoms with E-state index in [-0.39, 0.29) is 0 Å². The van der Waals surface area contributed by atoms with E-state index < -0.39 is 0 Å². The Bertz CT molecular complexity index is 400. The molecule has 17 heavy (non-hydrogen) atoms. The molecule has 1 aromatic carbocycles. The van der Waals surface area contributed by atoms with E-state index >= 15 is 0 Å². The van der Waals surface area contributed by atoms with Gasteiger partial charge in [-0.25, -0.2) is 0 Å². The van der Waals surface area contributed by atoms with Crippen molar-refractivity contribution in [3.8, 4) is 5.75 Å². The van der Waals surface area contributed by atoms with Gasteiger partial charge in [0.1, 0.15) is 5.75 Å². The maximum Gasteiger partial charge on any atom is 0.125 e. The molecular weight excluding hydrogens is 210 g/mol. The van der Waals surface area contributed by atoms with E-state index in [1.165, 1.54) is 23.1 Å². The molecule has 0 radical (unpaired) electrons. The molecule has 0 spiro atoms. The second-order valence-corrected chi connectivity index (χ2v) is 5.31. The van der Waals surface area contributed by atoms with Crippen molar-refractivity contribution in [2.24, 2.45) is 11.7 Å². The van der Waals surface area contributed by atoms with Crippen LogP contribution in [0.3, 0.4) is 0 Å². The van der Waals surface area contributed by atoms with E-state index in [1.54, 1.807) is 0 Å². The van der Waals surface area contributed by atoms with Gasteiger partial charge in [0.05, 0.1) is 6.61 Å². The molecule has 0 aliphatic carbocycles. The zero-order valence-corrected chi connectivity index (χ0v) is 11.1. The Labute approximate surface area is 104 Å². The first kappa shape index (κ1) is 12.4. The summed E-state index contributed by atoms with van der Waals surface area (Å²) >= 11 is 0. The van der Waals surface area contributed by atoms with E-state index in [4.69, 9.17) is 10.5 Å². The zero-order chi connectivity index (χ0) is 12.4. The molecule has 2 heteroatoms. The van der Waals surface area contributed by atoms with Gasteiger partial charge in [-0.1, -0.05) is 24.6 Å². The second kappa shape index (κ2) is 5.09. The van der Waals surface area contributed by atoms with Crippen LogP contribution in [0.25, 0.3) is 0 Å². The van der Waals surface area contributed by atoms with Crippen LogP contribution in [0.4, 0.5) is 0 Å². The third kappa shape index (κ3) is 2.47. The molecule has 1 aliphatic heterocycles. The number of rotatable bonds is 2. The van der Waals surface area contributed by atoms with Gasteiger partial charge in [-0.3, -0.25) is 0 Å². The number of nitrogens with two attached hydrogens (primary N) is 1. The number of hydrogen-bond acceptors (Lipinski definition) is 2. The van der Waals surface area contributed by atoms with Crippen molar-refractivity contribution in [3.05, 3.63) is 28.8 Å². The van der Waals surface area contributed by atoms with Crippen LogP contribution >= 0.6 is 0 Å². The fourth-order valence-electron chi connectivity index (χ4n) is 2.85. The van der Waals surface area contributed by atoms with Crippen molar-refractivity contribution >= 4 is 0 Å². The number of ether oxygens (including phenoxy) is 1. The molecule has 0 fully saturated rings. The van der Waals surface area contributed by atoms with E-state index in [2.05, 4.69) is 32.9 Å². The Morgan fingerprint density at radius 2 is 2.18 bits per heavy atom. The first-order valence-electron chi connectivity index (χ1n) is 6.57. The summed E-state index contributed by atoms with van der Waals surface area (Å²) in [5, 5.41) is 0. The normalized spacial score (nSPS) is 21.3. The predicted octanol–water partition coefficient (Wildman–Crippen LogP) is 3.15. The van der Waals surface area contributed by atoms with E-state index in [9.17, 15) is 0 Å². The molecule has 94 valence electrons. The van der Waals surface area contributed by atoms with Crippen LogP contribution in [-0.4, -0.2) is 13.2 Å². The average molecular weight is 233 g/mol. The lowest BCUT2D eigenvalue weighted by Crippen LogP contribution is -2.19. The first-order chi connectivity index (χ1) is 8.13. The van der Waals surface area contributed by atoms with E-state index in [0.29, 0.717) is 11.8 Å². The van der Waals surface area contributed by atoms with Gasteiger partial charge in [-0.2, -0.15) is 0 Å². The molecule has 2 rings (SSSR count). The number of benzene rings is 1. The molecule has 0 bridgehead atoms. The lowest BCUT2D eigenvalue weighted by Gasteiger charge is -2.23. The summed E-state index contributed by atoms with van der Waals surface area (Å²) in [6.45, 7) is 8.13. The molecule has 1 heterocycles. The number of aryl methyl sites for hydroxylation is 2. The average Bonchev–Trinajstić information content (AvgIpc) is 2.50. The lowest BCUT2D eigenvalue weighted by molar-refractivity contribution is 0.312. The van der Waals surface area contributed by atoms with Crippen molar-refractivity contribution < 1.29 is 4.74 Å². The molecule has 1 aromatic rings. The Morgan fingerprint density at radius 1 is 1.41 bits per heavy atom. The molecular formula is C15H23NO. The van der Waals surface area contributed by atoms with E-state index in [1.807, 2.05) is 0 Å². The lowest BCUT2D eigenvalue weighted by atomic mass is 9.82. The SMILES string of the molecule is Cc1cc(C)c2c(c1)C(C(C)CN)CCCO2. The maximum atomic E-state index is 5.92. The van der Waals surface area contributed by atoms with Crippen LogP contribution < -0.4 is 10.5 Å². The van der Waals surface area contributed by atoms with Crippen molar-refractivity contribution in [2.75, 3.05) is 13.2 Å². The van der Waals surface area contributed by atoms with Crippen molar-refractivity contribution in [1.29, 1.82) is 0 Å².